The Bertz CT molecular complexity index is 562. The average Bonchev–Trinajstić information content (AvgIpc) is 2.77. The molecule has 1 unspecified atom stereocenters. The van der Waals surface area contributed by atoms with Crippen molar-refractivity contribution in [2.45, 2.75) is 59.3 Å². The van der Waals surface area contributed by atoms with Gasteiger partial charge in [0.2, 0.25) is 0 Å². The molecule has 0 aliphatic rings. The molecule has 1 aromatic rings. The van der Waals surface area contributed by atoms with E-state index in [2.05, 4.69) is 10.1 Å². The second kappa shape index (κ2) is 8.03. The molecule has 0 aliphatic carbocycles. The first-order valence-corrected chi connectivity index (χ1v) is 7.55. The van der Waals surface area contributed by atoms with Gasteiger partial charge in [0, 0.05) is 12.1 Å². The number of rotatable bonds is 7. The molecule has 22 heavy (non-hydrogen) atoms. The third-order valence-electron chi connectivity index (χ3n) is 3.19. The van der Waals surface area contributed by atoms with Crippen molar-refractivity contribution in [2.75, 3.05) is 0 Å². The van der Waals surface area contributed by atoms with Gasteiger partial charge in [-0.2, -0.15) is 5.10 Å². The average molecular weight is 306 g/mol. The number of hydrogen-bond acceptors (Lipinski definition) is 3. The third kappa shape index (κ3) is 6.35. The van der Waals surface area contributed by atoms with E-state index in [1.807, 2.05) is 38.5 Å². The highest BCUT2D eigenvalue weighted by Gasteiger charge is 2.13. The van der Waals surface area contributed by atoms with Gasteiger partial charge in [0.05, 0.1) is 0 Å². The summed E-state index contributed by atoms with van der Waals surface area (Å²) in [5.74, 6) is 1.52. The predicted molar refractivity (Wildman–Crippen MR) is 90.1 cm³/mol. The van der Waals surface area contributed by atoms with Gasteiger partial charge in [0.15, 0.2) is 5.82 Å². The van der Waals surface area contributed by atoms with E-state index >= 15 is 0 Å². The fourth-order valence-electron chi connectivity index (χ4n) is 1.82. The number of halogens is 1. The molecule has 5 heteroatoms. The van der Waals surface area contributed by atoms with Gasteiger partial charge < -0.3 is 5.73 Å². The smallest absolute Gasteiger partial charge is 0.177 e. The van der Waals surface area contributed by atoms with Gasteiger partial charge >= 0.3 is 0 Å². The molecule has 0 spiro atoms. The Hall–Kier alpha value is -1.75. The number of hydrogen-bond donors (Lipinski definition) is 1. The molecule has 1 atom stereocenters. The van der Waals surface area contributed by atoms with Gasteiger partial charge in [-0.25, -0.2) is 14.1 Å². The van der Waals surface area contributed by atoms with Crippen LogP contribution in [-0.2, 0) is 6.54 Å². The Morgan fingerprint density at radius 1 is 1.41 bits per heavy atom. The second-order valence-electron chi connectivity index (χ2n) is 6.15. The van der Waals surface area contributed by atoms with Crippen LogP contribution in [0.5, 0.6) is 0 Å². The van der Waals surface area contributed by atoms with E-state index < -0.39 is 6.17 Å². The number of alkyl halides is 1. The lowest BCUT2D eigenvalue weighted by Gasteiger charge is -2.17. The normalized spacial score (nSPS) is 15.1. The Labute approximate surface area is 132 Å². The Kier molecular flexibility index (Phi) is 6.68. The van der Waals surface area contributed by atoms with Crippen LogP contribution in [0.4, 0.5) is 4.39 Å². The number of aryl methyl sites for hydroxylation is 2. The van der Waals surface area contributed by atoms with Gasteiger partial charge in [-0.05, 0) is 52.7 Å². The van der Waals surface area contributed by atoms with Crippen LogP contribution in [0.3, 0.4) is 0 Å². The molecule has 1 rings (SSSR count). The van der Waals surface area contributed by atoms with Gasteiger partial charge in [0.1, 0.15) is 12.0 Å². The van der Waals surface area contributed by atoms with Crippen molar-refractivity contribution in [3.05, 3.63) is 42.0 Å². The van der Waals surface area contributed by atoms with Crippen molar-refractivity contribution in [2.24, 2.45) is 5.73 Å². The van der Waals surface area contributed by atoms with Crippen LogP contribution < -0.4 is 5.73 Å². The number of allylic oxidation sites excluding steroid dienone is 6. The minimum atomic E-state index is -1.06. The van der Waals surface area contributed by atoms with Crippen LogP contribution in [0.2, 0.25) is 0 Å². The lowest BCUT2D eigenvalue weighted by molar-refractivity contribution is 0.416. The third-order valence-corrected chi connectivity index (χ3v) is 3.19. The monoisotopic (exact) mass is 306 g/mol. The predicted octanol–water partition coefficient (Wildman–Crippen LogP) is 3.59. The van der Waals surface area contributed by atoms with E-state index in [9.17, 15) is 4.39 Å². The van der Waals surface area contributed by atoms with Crippen molar-refractivity contribution in [3.63, 3.8) is 0 Å². The molecule has 0 radical (unpaired) electrons. The molecule has 4 nitrogen and oxygen atoms in total. The zero-order valence-electron chi connectivity index (χ0n) is 14.2. The van der Waals surface area contributed by atoms with Crippen LogP contribution >= 0.6 is 0 Å². The minimum Gasteiger partial charge on any atom is -0.325 e. The van der Waals surface area contributed by atoms with Crippen LogP contribution in [0.1, 0.15) is 45.8 Å². The summed E-state index contributed by atoms with van der Waals surface area (Å²) >= 11 is 0. The van der Waals surface area contributed by atoms with E-state index in [0.717, 1.165) is 24.4 Å². The van der Waals surface area contributed by atoms with Crippen molar-refractivity contribution in [3.8, 4) is 0 Å². The number of nitrogens with two attached hydrogens (primary N) is 1. The van der Waals surface area contributed by atoms with Crippen LogP contribution in [-0.4, -0.2) is 26.5 Å². The quantitative estimate of drug-likeness (QED) is 0.618. The Morgan fingerprint density at radius 3 is 2.68 bits per heavy atom. The standard InChI is InChI=1S/C17H27FN4/c1-6-8-15(18)10-7-9-13(2)16-20-14(3)22(21-16)12-11-17(4,5)19/h6-10,15H,11-12,19H2,1-5H3/b8-6-,10-7?,13-9+. The molecule has 0 fully saturated rings. The van der Waals surface area contributed by atoms with Gasteiger partial charge in [-0.3, -0.25) is 0 Å². The summed E-state index contributed by atoms with van der Waals surface area (Å²) in [4.78, 5) is 4.45. The zero-order valence-corrected chi connectivity index (χ0v) is 14.2. The van der Waals surface area contributed by atoms with Crippen molar-refractivity contribution in [1.82, 2.24) is 14.8 Å². The summed E-state index contributed by atoms with van der Waals surface area (Å²) in [5.41, 5.74) is 6.67. The van der Waals surface area contributed by atoms with E-state index in [1.54, 1.807) is 19.1 Å². The highest BCUT2D eigenvalue weighted by Crippen LogP contribution is 2.12. The number of nitrogens with zero attached hydrogens (tertiary/aromatic N) is 3. The minimum absolute atomic E-state index is 0.227. The Balaban J connectivity index is 2.76. The van der Waals surface area contributed by atoms with E-state index in [0.29, 0.717) is 5.82 Å². The SMILES string of the molecule is C/C=C\C(F)C=C/C=C(\C)c1nc(C)n(CCC(C)(C)N)n1. The van der Waals surface area contributed by atoms with E-state index in [4.69, 9.17) is 5.73 Å². The summed E-state index contributed by atoms with van der Waals surface area (Å²) in [6.07, 6.45) is 7.95. The summed E-state index contributed by atoms with van der Waals surface area (Å²) < 4.78 is 15.2. The van der Waals surface area contributed by atoms with Gasteiger partial charge in [-0.1, -0.05) is 24.3 Å². The lowest BCUT2D eigenvalue weighted by atomic mass is 10.0. The summed E-state index contributed by atoms with van der Waals surface area (Å²) in [5, 5.41) is 4.49. The molecular weight excluding hydrogens is 279 g/mol. The topological polar surface area (TPSA) is 56.7 Å². The van der Waals surface area contributed by atoms with Crippen LogP contribution in [0, 0.1) is 6.92 Å². The molecule has 1 heterocycles. The molecule has 0 saturated heterocycles. The highest BCUT2D eigenvalue weighted by atomic mass is 19.1. The second-order valence-corrected chi connectivity index (χ2v) is 6.15. The largest absolute Gasteiger partial charge is 0.325 e. The molecule has 0 aliphatic heterocycles. The molecule has 0 saturated carbocycles. The maximum atomic E-state index is 13.3. The van der Waals surface area contributed by atoms with E-state index in [-0.39, 0.29) is 5.54 Å². The maximum absolute atomic E-state index is 13.3. The molecule has 0 bridgehead atoms. The molecule has 2 N–H and O–H groups in total. The Morgan fingerprint density at radius 2 is 2.09 bits per heavy atom. The summed E-state index contributed by atoms with van der Waals surface area (Å²) in [7, 11) is 0. The van der Waals surface area contributed by atoms with Crippen LogP contribution in [0.15, 0.2) is 30.4 Å². The first-order valence-electron chi connectivity index (χ1n) is 7.55. The molecule has 0 amide bonds. The van der Waals surface area contributed by atoms with Crippen molar-refractivity contribution >= 4 is 5.57 Å². The van der Waals surface area contributed by atoms with Gasteiger partial charge in [0.25, 0.3) is 0 Å². The van der Waals surface area contributed by atoms with Crippen molar-refractivity contribution in [1.29, 1.82) is 0 Å². The fraction of sp³-hybridized carbons (Fsp3) is 0.529. The number of aromatic nitrogens is 3. The first kappa shape index (κ1) is 18.3. The van der Waals surface area contributed by atoms with Crippen LogP contribution in [0.25, 0.3) is 5.57 Å². The lowest BCUT2D eigenvalue weighted by Crippen LogP contribution is -2.33. The zero-order chi connectivity index (χ0) is 16.8. The fourth-order valence-corrected chi connectivity index (χ4v) is 1.82. The van der Waals surface area contributed by atoms with Crippen molar-refractivity contribution < 1.29 is 4.39 Å². The maximum Gasteiger partial charge on any atom is 0.177 e. The molecule has 0 aromatic carbocycles. The summed E-state index contributed by atoms with van der Waals surface area (Å²) in [6.45, 7) is 10.4. The first-order chi connectivity index (χ1) is 10.2. The summed E-state index contributed by atoms with van der Waals surface area (Å²) in [6, 6.07) is 0. The molecule has 122 valence electrons. The molecule has 1 aromatic heterocycles. The van der Waals surface area contributed by atoms with E-state index in [1.165, 1.54) is 12.2 Å². The highest BCUT2D eigenvalue weighted by molar-refractivity contribution is 5.59. The molecular formula is C17H27FN4. The van der Waals surface area contributed by atoms with Gasteiger partial charge in [-0.15, -0.1) is 0 Å².